The van der Waals surface area contributed by atoms with Crippen LogP contribution in [0, 0.1) is 0 Å². The highest BCUT2D eigenvalue weighted by Gasteiger charge is 2.08. The van der Waals surface area contributed by atoms with E-state index in [0.717, 1.165) is 0 Å². The van der Waals surface area contributed by atoms with E-state index in [1.54, 1.807) is 24.3 Å². The number of thiocarbonyl (C=S) groups is 1. The van der Waals surface area contributed by atoms with Crippen LogP contribution < -0.4 is 11.1 Å². The molecule has 0 aliphatic carbocycles. The molecule has 0 unspecified atom stereocenters. The zero-order chi connectivity index (χ0) is 12.1. The minimum Gasteiger partial charge on any atom is -0.369 e. The van der Waals surface area contributed by atoms with Gasteiger partial charge in [-0.15, -0.1) is 0 Å². The minimum atomic E-state index is -0.502. The molecule has 0 spiro atoms. The van der Waals surface area contributed by atoms with E-state index in [9.17, 15) is 9.59 Å². The third-order valence-electron chi connectivity index (χ3n) is 1.92. The number of anilines is 1. The number of nitrogens with one attached hydrogen (secondary N) is 1. The first-order valence-corrected chi connectivity index (χ1v) is 5.09. The molecule has 1 aromatic carbocycles. The van der Waals surface area contributed by atoms with Crippen LogP contribution in [-0.2, 0) is 4.79 Å². The number of rotatable bonds is 4. The Kier molecular flexibility index (Phi) is 4.13. The number of hydrogen-bond acceptors (Lipinski definition) is 3. The van der Waals surface area contributed by atoms with E-state index < -0.39 is 5.91 Å². The molecule has 0 aliphatic rings. The van der Waals surface area contributed by atoms with Gasteiger partial charge in [-0.2, -0.15) is 0 Å². The largest absolute Gasteiger partial charge is 0.369 e. The Morgan fingerprint density at radius 1 is 1.38 bits per heavy atom. The summed E-state index contributed by atoms with van der Waals surface area (Å²) in [6.07, 6.45) is -0.0262. The molecular formula is C11H12N2O2S. The number of benzene rings is 1. The fraction of sp³-hybridized carbons (Fsp3) is 0.182. The number of para-hydroxylation sites is 1. The Bertz CT molecular complexity index is 443. The van der Waals surface area contributed by atoms with Gasteiger partial charge in [0, 0.05) is 11.3 Å². The normalized spacial score (nSPS) is 9.56. The van der Waals surface area contributed by atoms with E-state index in [0.29, 0.717) is 16.2 Å². The first kappa shape index (κ1) is 12.3. The van der Waals surface area contributed by atoms with Crippen molar-refractivity contribution >= 4 is 34.6 Å². The van der Waals surface area contributed by atoms with E-state index in [-0.39, 0.29) is 12.2 Å². The van der Waals surface area contributed by atoms with Gasteiger partial charge in [-0.3, -0.25) is 9.59 Å². The molecule has 0 aliphatic heterocycles. The first-order chi connectivity index (χ1) is 7.50. The van der Waals surface area contributed by atoms with Crippen LogP contribution in [0.3, 0.4) is 0 Å². The molecule has 1 rings (SSSR count). The lowest BCUT2D eigenvalue weighted by Crippen LogP contribution is -2.20. The molecule has 84 valence electrons. The summed E-state index contributed by atoms with van der Waals surface area (Å²) in [5, 5.41) is 2.83. The van der Waals surface area contributed by atoms with Gasteiger partial charge >= 0.3 is 0 Å². The molecule has 5 heteroatoms. The highest BCUT2D eigenvalue weighted by molar-refractivity contribution is 7.80. The molecule has 0 fully saturated rings. The molecule has 0 saturated carbocycles. The minimum absolute atomic E-state index is 0.0262. The number of ketones is 1. The van der Waals surface area contributed by atoms with Gasteiger partial charge in [0.05, 0.1) is 11.4 Å². The Morgan fingerprint density at radius 2 is 2.00 bits per heavy atom. The van der Waals surface area contributed by atoms with E-state index >= 15 is 0 Å². The van der Waals surface area contributed by atoms with Gasteiger partial charge in [0.2, 0.25) is 5.91 Å². The molecule has 1 amide bonds. The van der Waals surface area contributed by atoms with Gasteiger partial charge in [0.25, 0.3) is 0 Å². The Morgan fingerprint density at radius 3 is 2.56 bits per heavy atom. The van der Waals surface area contributed by atoms with Crippen LogP contribution >= 0.6 is 12.2 Å². The van der Waals surface area contributed by atoms with Crippen LogP contribution in [0.5, 0.6) is 0 Å². The molecule has 0 heterocycles. The van der Waals surface area contributed by atoms with Crippen molar-refractivity contribution in [1.82, 2.24) is 0 Å². The summed E-state index contributed by atoms with van der Waals surface area (Å²) in [7, 11) is 0. The third-order valence-corrected chi connectivity index (χ3v) is 2.16. The molecule has 0 saturated heterocycles. The van der Waals surface area contributed by atoms with Gasteiger partial charge in [-0.1, -0.05) is 24.4 Å². The lowest BCUT2D eigenvalue weighted by Gasteiger charge is -2.09. The highest BCUT2D eigenvalue weighted by atomic mass is 32.1. The quantitative estimate of drug-likeness (QED) is 0.614. The SMILES string of the molecule is CC(=O)c1ccccc1NC(=S)CC(N)=O. The Labute approximate surface area is 98.8 Å². The maximum Gasteiger partial charge on any atom is 0.224 e. The van der Waals surface area contributed by atoms with Crippen LogP contribution in [0.2, 0.25) is 0 Å². The van der Waals surface area contributed by atoms with Crippen molar-refractivity contribution in [2.75, 3.05) is 5.32 Å². The van der Waals surface area contributed by atoms with Crippen molar-refractivity contribution in [2.45, 2.75) is 13.3 Å². The molecule has 0 radical (unpaired) electrons. The number of Topliss-reactive ketones (excluding diaryl/α,β-unsaturated/α-hetero) is 1. The van der Waals surface area contributed by atoms with E-state index in [2.05, 4.69) is 5.32 Å². The van der Waals surface area contributed by atoms with Crippen LogP contribution in [-0.4, -0.2) is 16.7 Å². The second-order valence-electron chi connectivity index (χ2n) is 3.29. The Balaban J connectivity index is 2.84. The predicted octanol–water partition coefficient (Wildman–Crippen LogP) is 1.50. The maximum atomic E-state index is 11.3. The van der Waals surface area contributed by atoms with Crippen LogP contribution in [0.4, 0.5) is 5.69 Å². The van der Waals surface area contributed by atoms with Crippen molar-refractivity contribution in [1.29, 1.82) is 0 Å². The second kappa shape index (κ2) is 5.37. The summed E-state index contributed by atoms with van der Waals surface area (Å²) in [6.45, 7) is 1.47. The average Bonchev–Trinajstić information content (AvgIpc) is 2.16. The second-order valence-corrected chi connectivity index (χ2v) is 3.79. The number of primary amides is 1. The lowest BCUT2D eigenvalue weighted by molar-refractivity contribution is -0.116. The smallest absolute Gasteiger partial charge is 0.224 e. The maximum absolute atomic E-state index is 11.3. The number of amides is 1. The average molecular weight is 236 g/mol. The molecule has 0 bridgehead atoms. The summed E-state index contributed by atoms with van der Waals surface area (Å²) < 4.78 is 0. The summed E-state index contributed by atoms with van der Waals surface area (Å²) >= 11 is 4.94. The van der Waals surface area contributed by atoms with Gasteiger partial charge in [-0.05, 0) is 19.1 Å². The van der Waals surface area contributed by atoms with Gasteiger partial charge in [-0.25, -0.2) is 0 Å². The number of carbonyl (C=O) groups excluding carboxylic acids is 2. The highest BCUT2D eigenvalue weighted by Crippen LogP contribution is 2.15. The van der Waals surface area contributed by atoms with E-state index in [1.807, 2.05) is 0 Å². The summed E-state index contributed by atoms with van der Waals surface area (Å²) in [4.78, 5) is 22.2. The van der Waals surface area contributed by atoms with Crippen LogP contribution in [0.25, 0.3) is 0 Å². The van der Waals surface area contributed by atoms with Gasteiger partial charge < -0.3 is 11.1 Å². The van der Waals surface area contributed by atoms with Crippen molar-refractivity contribution in [3.63, 3.8) is 0 Å². The summed E-state index contributed by atoms with van der Waals surface area (Å²) in [5.74, 6) is -0.567. The predicted molar refractivity (Wildman–Crippen MR) is 66.5 cm³/mol. The zero-order valence-electron chi connectivity index (χ0n) is 8.82. The number of nitrogens with two attached hydrogens (primary N) is 1. The third kappa shape index (κ3) is 3.43. The first-order valence-electron chi connectivity index (χ1n) is 4.69. The van der Waals surface area contributed by atoms with Crippen LogP contribution in [0.15, 0.2) is 24.3 Å². The summed E-state index contributed by atoms with van der Waals surface area (Å²) in [5.41, 5.74) is 6.15. The van der Waals surface area contributed by atoms with Crippen LogP contribution in [0.1, 0.15) is 23.7 Å². The topological polar surface area (TPSA) is 72.2 Å². The monoisotopic (exact) mass is 236 g/mol. The van der Waals surface area contributed by atoms with Crippen molar-refractivity contribution < 1.29 is 9.59 Å². The Hall–Kier alpha value is -1.75. The lowest BCUT2D eigenvalue weighted by atomic mass is 10.1. The number of carbonyl (C=O) groups is 2. The number of hydrogen-bond donors (Lipinski definition) is 2. The molecule has 1 aromatic rings. The molecule has 0 atom stereocenters. The zero-order valence-corrected chi connectivity index (χ0v) is 9.64. The van der Waals surface area contributed by atoms with Crippen molar-refractivity contribution in [3.8, 4) is 0 Å². The molecule has 16 heavy (non-hydrogen) atoms. The van der Waals surface area contributed by atoms with Crippen molar-refractivity contribution in [2.24, 2.45) is 5.73 Å². The molecular weight excluding hydrogens is 224 g/mol. The van der Waals surface area contributed by atoms with Gasteiger partial charge in [0.1, 0.15) is 0 Å². The van der Waals surface area contributed by atoms with E-state index in [4.69, 9.17) is 18.0 Å². The fourth-order valence-corrected chi connectivity index (χ4v) is 1.50. The standard InChI is InChI=1S/C11H12N2O2S/c1-7(14)8-4-2-3-5-9(8)13-11(16)6-10(12)15/h2-5H,6H2,1H3,(H2,12,15)(H,13,16). The fourth-order valence-electron chi connectivity index (χ4n) is 1.25. The summed E-state index contributed by atoms with van der Waals surface area (Å²) in [6, 6.07) is 6.96. The van der Waals surface area contributed by atoms with Crippen molar-refractivity contribution in [3.05, 3.63) is 29.8 Å². The van der Waals surface area contributed by atoms with E-state index in [1.165, 1.54) is 6.92 Å². The van der Waals surface area contributed by atoms with Gasteiger partial charge in [0.15, 0.2) is 5.78 Å². The molecule has 0 aromatic heterocycles. The molecule has 3 N–H and O–H groups in total. The molecule has 4 nitrogen and oxygen atoms in total.